The molecular formula is C14H18N2O. The van der Waals surface area contributed by atoms with Gasteiger partial charge in [-0.3, -0.25) is 4.79 Å². The highest BCUT2D eigenvalue weighted by Gasteiger charge is 2.36. The number of benzene rings is 1. The molecule has 2 N–H and O–H groups in total. The van der Waals surface area contributed by atoms with E-state index in [9.17, 15) is 4.79 Å². The average molecular weight is 230 g/mol. The largest absolute Gasteiger partial charge is 0.366 e. The molecule has 2 unspecified atom stereocenters. The summed E-state index contributed by atoms with van der Waals surface area (Å²) in [4.78, 5) is 13.6. The second-order valence-electron chi connectivity index (χ2n) is 5.13. The maximum atomic E-state index is 11.0. The molecule has 1 aromatic rings. The molecule has 2 saturated heterocycles. The van der Waals surface area contributed by atoms with E-state index in [1.165, 1.54) is 37.8 Å². The number of carbonyl (C=O) groups excluding carboxylic acids is 1. The topological polar surface area (TPSA) is 46.3 Å². The Kier molecular flexibility index (Phi) is 2.54. The van der Waals surface area contributed by atoms with Crippen molar-refractivity contribution in [1.29, 1.82) is 0 Å². The van der Waals surface area contributed by atoms with Crippen LogP contribution in [0.5, 0.6) is 0 Å². The molecular weight excluding hydrogens is 212 g/mol. The van der Waals surface area contributed by atoms with E-state index in [0.29, 0.717) is 17.6 Å². The lowest BCUT2D eigenvalue weighted by Crippen LogP contribution is -2.39. The van der Waals surface area contributed by atoms with Crippen LogP contribution in [0.15, 0.2) is 24.3 Å². The smallest absolute Gasteiger partial charge is 0.248 e. The van der Waals surface area contributed by atoms with Crippen LogP contribution < -0.4 is 10.6 Å². The van der Waals surface area contributed by atoms with E-state index in [1.54, 1.807) is 0 Å². The third-order valence-electron chi connectivity index (χ3n) is 4.14. The van der Waals surface area contributed by atoms with Gasteiger partial charge in [0.2, 0.25) is 5.91 Å². The highest BCUT2D eigenvalue weighted by atomic mass is 16.1. The zero-order valence-electron chi connectivity index (χ0n) is 9.93. The summed E-state index contributed by atoms with van der Waals surface area (Å²) < 4.78 is 0. The van der Waals surface area contributed by atoms with Crippen molar-refractivity contribution in [1.82, 2.24) is 0 Å². The number of primary amides is 1. The first-order valence-electron chi connectivity index (χ1n) is 6.44. The first-order valence-corrected chi connectivity index (χ1v) is 6.44. The molecule has 90 valence electrons. The van der Waals surface area contributed by atoms with E-state index in [-0.39, 0.29) is 5.91 Å². The number of amides is 1. The van der Waals surface area contributed by atoms with E-state index in [1.807, 2.05) is 24.3 Å². The minimum absolute atomic E-state index is 0.349. The summed E-state index contributed by atoms with van der Waals surface area (Å²) in [7, 11) is 0. The number of nitrogens with zero attached hydrogens (tertiary/aromatic N) is 1. The van der Waals surface area contributed by atoms with Crippen molar-refractivity contribution in [3.8, 4) is 0 Å². The minimum Gasteiger partial charge on any atom is -0.366 e. The molecule has 0 radical (unpaired) electrons. The fourth-order valence-corrected chi connectivity index (χ4v) is 3.34. The monoisotopic (exact) mass is 230 g/mol. The van der Waals surface area contributed by atoms with Crippen LogP contribution >= 0.6 is 0 Å². The van der Waals surface area contributed by atoms with Crippen molar-refractivity contribution >= 4 is 11.6 Å². The van der Waals surface area contributed by atoms with E-state index in [4.69, 9.17) is 5.73 Å². The van der Waals surface area contributed by atoms with Crippen LogP contribution in [0.3, 0.4) is 0 Å². The predicted octanol–water partition coefficient (Wildman–Crippen LogP) is 2.31. The van der Waals surface area contributed by atoms with Crippen LogP contribution in [0.4, 0.5) is 5.69 Å². The first kappa shape index (κ1) is 10.6. The molecule has 1 amide bonds. The summed E-state index contributed by atoms with van der Waals surface area (Å²) in [5.41, 5.74) is 7.10. The van der Waals surface area contributed by atoms with Crippen LogP contribution in [0.25, 0.3) is 0 Å². The van der Waals surface area contributed by atoms with E-state index >= 15 is 0 Å². The maximum absolute atomic E-state index is 11.0. The van der Waals surface area contributed by atoms with Crippen molar-refractivity contribution in [3.63, 3.8) is 0 Å². The molecule has 1 aromatic carbocycles. The maximum Gasteiger partial charge on any atom is 0.248 e. The molecule has 3 rings (SSSR count). The van der Waals surface area contributed by atoms with Crippen molar-refractivity contribution in [3.05, 3.63) is 29.8 Å². The molecule has 2 aliphatic heterocycles. The van der Waals surface area contributed by atoms with Gasteiger partial charge in [0, 0.05) is 23.3 Å². The van der Waals surface area contributed by atoms with Gasteiger partial charge in [-0.25, -0.2) is 0 Å². The Morgan fingerprint density at radius 3 is 2.18 bits per heavy atom. The molecule has 0 spiro atoms. The van der Waals surface area contributed by atoms with Gasteiger partial charge in [-0.15, -0.1) is 0 Å². The van der Waals surface area contributed by atoms with Crippen molar-refractivity contribution in [2.45, 2.75) is 44.2 Å². The van der Waals surface area contributed by atoms with Gasteiger partial charge in [-0.1, -0.05) is 0 Å². The second-order valence-corrected chi connectivity index (χ2v) is 5.13. The minimum atomic E-state index is -0.349. The first-order chi connectivity index (χ1) is 8.25. The number of fused-ring (bicyclic) bond motifs is 2. The fourth-order valence-electron chi connectivity index (χ4n) is 3.34. The molecule has 2 fully saturated rings. The highest BCUT2D eigenvalue weighted by molar-refractivity contribution is 5.93. The zero-order chi connectivity index (χ0) is 11.8. The molecule has 17 heavy (non-hydrogen) atoms. The Morgan fingerprint density at radius 1 is 1.06 bits per heavy atom. The summed E-state index contributed by atoms with van der Waals surface area (Å²) in [5, 5.41) is 0. The lowest BCUT2D eigenvalue weighted by atomic mass is 10.0. The third-order valence-corrected chi connectivity index (χ3v) is 4.14. The van der Waals surface area contributed by atoms with Gasteiger partial charge >= 0.3 is 0 Å². The van der Waals surface area contributed by atoms with E-state index in [0.717, 1.165) is 0 Å². The SMILES string of the molecule is NC(=O)c1ccc(N2C3CCCC2CC3)cc1. The van der Waals surface area contributed by atoms with Gasteiger partial charge in [0.15, 0.2) is 0 Å². The lowest BCUT2D eigenvalue weighted by molar-refractivity contribution is 0.100. The highest BCUT2D eigenvalue weighted by Crippen LogP contribution is 2.38. The molecule has 2 bridgehead atoms. The second kappa shape index (κ2) is 4.06. The Bertz CT molecular complexity index is 410. The Morgan fingerprint density at radius 2 is 1.65 bits per heavy atom. The number of hydrogen-bond donors (Lipinski definition) is 1. The molecule has 3 nitrogen and oxygen atoms in total. The third kappa shape index (κ3) is 1.79. The fraction of sp³-hybridized carbons (Fsp3) is 0.500. The molecule has 0 aliphatic carbocycles. The lowest BCUT2D eigenvalue weighted by Gasteiger charge is -2.36. The van der Waals surface area contributed by atoms with Gasteiger partial charge < -0.3 is 10.6 Å². The standard InChI is InChI=1S/C14H18N2O/c15-14(17)10-4-6-13(7-5-10)16-11-2-1-3-12(16)9-8-11/h4-7,11-12H,1-3,8-9H2,(H2,15,17). The molecule has 2 atom stereocenters. The van der Waals surface area contributed by atoms with Crippen LogP contribution in [0.2, 0.25) is 0 Å². The van der Waals surface area contributed by atoms with Gasteiger partial charge in [-0.05, 0) is 56.4 Å². The average Bonchev–Trinajstić information content (AvgIpc) is 2.59. The van der Waals surface area contributed by atoms with Crippen molar-refractivity contribution in [2.75, 3.05) is 4.90 Å². The molecule has 3 heteroatoms. The zero-order valence-corrected chi connectivity index (χ0v) is 9.93. The predicted molar refractivity (Wildman–Crippen MR) is 68.1 cm³/mol. The quantitative estimate of drug-likeness (QED) is 0.847. The molecule has 0 aromatic heterocycles. The number of rotatable bonds is 2. The summed E-state index contributed by atoms with van der Waals surface area (Å²) in [6.07, 6.45) is 6.64. The van der Waals surface area contributed by atoms with Gasteiger partial charge in [0.1, 0.15) is 0 Å². The van der Waals surface area contributed by atoms with Crippen LogP contribution in [0, 0.1) is 0 Å². The number of carbonyl (C=O) groups is 1. The Balaban J connectivity index is 1.86. The normalized spacial score (nSPS) is 27.2. The van der Waals surface area contributed by atoms with Crippen molar-refractivity contribution < 1.29 is 4.79 Å². The Hall–Kier alpha value is -1.51. The van der Waals surface area contributed by atoms with E-state index < -0.39 is 0 Å². The van der Waals surface area contributed by atoms with Gasteiger partial charge in [-0.2, -0.15) is 0 Å². The van der Waals surface area contributed by atoms with Crippen LogP contribution in [-0.2, 0) is 0 Å². The van der Waals surface area contributed by atoms with E-state index in [2.05, 4.69) is 4.90 Å². The summed E-state index contributed by atoms with van der Waals surface area (Å²) in [6.45, 7) is 0. The number of hydrogen-bond acceptors (Lipinski definition) is 2. The summed E-state index contributed by atoms with van der Waals surface area (Å²) >= 11 is 0. The van der Waals surface area contributed by atoms with Gasteiger partial charge in [0.05, 0.1) is 0 Å². The van der Waals surface area contributed by atoms with Crippen LogP contribution in [-0.4, -0.2) is 18.0 Å². The summed E-state index contributed by atoms with van der Waals surface area (Å²) in [6, 6.07) is 9.19. The summed E-state index contributed by atoms with van der Waals surface area (Å²) in [5.74, 6) is -0.349. The number of piperidine rings is 1. The molecule has 2 heterocycles. The van der Waals surface area contributed by atoms with Crippen molar-refractivity contribution in [2.24, 2.45) is 5.73 Å². The molecule has 2 aliphatic rings. The Labute approximate surface area is 102 Å². The molecule has 0 saturated carbocycles. The number of anilines is 1. The number of nitrogens with two attached hydrogens (primary N) is 1. The van der Waals surface area contributed by atoms with Crippen LogP contribution in [0.1, 0.15) is 42.5 Å². The van der Waals surface area contributed by atoms with Gasteiger partial charge in [0.25, 0.3) is 0 Å².